The van der Waals surface area contributed by atoms with Gasteiger partial charge in [-0.05, 0) is 52.1 Å². The highest BCUT2D eigenvalue weighted by molar-refractivity contribution is 5.70. The molecule has 9 heteroatoms. The second-order valence-corrected chi connectivity index (χ2v) is 7.74. The van der Waals surface area contributed by atoms with Crippen LogP contribution < -0.4 is 0 Å². The van der Waals surface area contributed by atoms with E-state index in [1.54, 1.807) is 13.0 Å². The Morgan fingerprint density at radius 1 is 1.03 bits per heavy atom. The normalized spacial score (nSPS) is 12.0. The number of aromatic amines is 1. The Labute approximate surface area is 190 Å². The maximum atomic E-state index is 14.4. The quantitative estimate of drug-likeness (QED) is 0.365. The third-order valence-electron chi connectivity index (χ3n) is 5.20. The van der Waals surface area contributed by atoms with Crippen LogP contribution in [-0.2, 0) is 12.5 Å². The molecular formula is C24H25F2N7. The van der Waals surface area contributed by atoms with E-state index in [0.29, 0.717) is 24.6 Å². The number of aromatic nitrogens is 7. The lowest BCUT2D eigenvalue weighted by Crippen LogP contribution is -2.15. The van der Waals surface area contributed by atoms with Crippen molar-refractivity contribution in [3.63, 3.8) is 0 Å². The number of H-pyrrole nitrogens is 1. The molecule has 170 valence electrons. The van der Waals surface area contributed by atoms with Gasteiger partial charge in [0.1, 0.15) is 0 Å². The summed E-state index contributed by atoms with van der Waals surface area (Å²) in [5.74, 6) is -2.43. The minimum Gasteiger partial charge on any atom is -0.241 e. The number of hydrogen-bond acceptors (Lipinski definition) is 5. The Hall–Kier alpha value is -3.75. The van der Waals surface area contributed by atoms with Crippen LogP contribution in [0.5, 0.6) is 0 Å². The van der Waals surface area contributed by atoms with Crippen molar-refractivity contribution in [2.75, 3.05) is 0 Å². The summed E-state index contributed by atoms with van der Waals surface area (Å²) in [7, 11) is 0. The Morgan fingerprint density at radius 2 is 1.82 bits per heavy atom. The summed E-state index contributed by atoms with van der Waals surface area (Å²) >= 11 is 0. The van der Waals surface area contributed by atoms with Gasteiger partial charge in [0.05, 0.1) is 6.54 Å². The third kappa shape index (κ3) is 5.19. The SMILES string of the molecule is CC/C=C/c1nc(C(F)(F)CCC)nn1Cc1ccc(-c2cccc(-c3nnn[nH]3)c2)cc1. The number of rotatable bonds is 9. The number of allylic oxidation sites excluding steroid dienone is 1. The number of hydrogen-bond donors (Lipinski definition) is 1. The van der Waals surface area contributed by atoms with Crippen molar-refractivity contribution in [1.29, 1.82) is 0 Å². The lowest BCUT2D eigenvalue weighted by molar-refractivity contribution is -0.0232. The van der Waals surface area contributed by atoms with E-state index in [1.165, 1.54) is 4.68 Å². The van der Waals surface area contributed by atoms with Gasteiger partial charge in [-0.2, -0.15) is 8.78 Å². The van der Waals surface area contributed by atoms with E-state index in [2.05, 4.69) is 30.7 Å². The molecule has 0 unspecified atom stereocenters. The summed E-state index contributed by atoms with van der Waals surface area (Å²) in [6, 6.07) is 15.8. The molecule has 0 amide bonds. The summed E-state index contributed by atoms with van der Waals surface area (Å²) in [5, 5.41) is 18.1. The molecule has 4 aromatic rings. The van der Waals surface area contributed by atoms with E-state index >= 15 is 0 Å². The van der Waals surface area contributed by atoms with Crippen LogP contribution in [-0.4, -0.2) is 35.4 Å². The van der Waals surface area contributed by atoms with E-state index in [1.807, 2.05) is 61.5 Å². The van der Waals surface area contributed by atoms with Gasteiger partial charge < -0.3 is 0 Å². The maximum absolute atomic E-state index is 14.4. The predicted octanol–water partition coefficient (Wildman–Crippen LogP) is 5.49. The molecule has 0 radical (unpaired) electrons. The molecule has 0 bridgehead atoms. The Balaban J connectivity index is 1.57. The largest absolute Gasteiger partial charge is 0.308 e. The second-order valence-electron chi connectivity index (χ2n) is 7.74. The zero-order valence-electron chi connectivity index (χ0n) is 18.5. The van der Waals surface area contributed by atoms with E-state index in [4.69, 9.17) is 0 Å². The van der Waals surface area contributed by atoms with Gasteiger partial charge in [-0.3, -0.25) is 0 Å². The van der Waals surface area contributed by atoms with Gasteiger partial charge in [-0.15, -0.1) is 10.2 Å². The standard InChI is InChI=1S/C24H25F2N7/c1-3-5-9-21-27-23(24(25,26)14-4-2)30-33(21)16-17-10-12-18(13-11-17)19-7-6-8-20(15-19)22-28-31-32-29-22/h5-13,15H,3-4,14,16H2,1-2H3,(H,28,29,31,32)/b9-5+. The van der Waals surface area contributed by atoms with Crippen molar-refractivity contribution in [1.82, 2.24) is 35.4 Å². The van der Waals surface area contributed by atoms with Gasteiger partial charge in [-0.1, -0.05) is 62.4 Å². The summed E-state index contributed by atoms with van der Waals surface area (Å²) in [4.78, 5) is 4.13. The Bertz CT molecular complexity index is 1210. The van der Waals surface area contributed by atoms with Crippen molar-refractivity contribution in [2.45, 2.75) is 45.6 Å². The van der Waals surface area contributed by atoms with Crippen LogP contribution in [0.15, 0.2) is 54.6 Å². The van der Waals surface area contributed by atoms with E-state index in [9.17, 15) is 8.78 Å². The molecule has 2 aromatic carbocycles. The fraction of sp³-hybridized carbons (Fsp3) is 0.292. The molecule has 0 aliphatic heterocycles. The molecule has 0 aliphatic rings. The van der Waals surface area contributed by atoms with Crippen LogP contribution in [0.25, 0.3) is 28.6 Å². The first-order valence-electron chi connectivity index (χ1n) is 10.9. The molecule has 2 heterocycles. The van der Waals surface area contributed by atoms with Crippen LogP contribution >= 0.6 is 0 Å². The highest BCUT2D eigenvalue weighted by Crippen LogP contribution is 2.31. The van der Waals surface area contributed by atoms with Crippen molar-refractivity contribution in [3.05, 3.63) is 71.8 Å². The van der Waals surface area contributed by atoms with Gasteiger partial charge in [0.15, 0.2) is 11.6 Å². The first kappa shape index (κ1) is 22.4. The smallest absolute Gasteiger partial charge is 0.241 e. The van der Waals surface area contributed by atoms with Crippen molar-refractivity contribution in [3.8, 4) is 22.5 Å². The lowest BCUT2D eigenvalue weighted by atomic mass is 10.0. The zero-order chi connectivity index (χ0) is 23.3. The molecule has 0 saturated carbocycles. The highest BCUT2D eigenvalue weighted by Gasteiger charge is 2.35. The number of halogens is 2. The number of tetrazole rings is 1. The van der Waals surface area contributed by atoms with Gasteiger partial charge in [0.25, 0.3) is 0 Å². The number of benzene rings is 2. The van der Waals surface area contributed by atoms with Crippen molar-refractivity contribution >= 4 is 6.08 Å². The van der Waals surface area contributed by atoms with Gasteiger partial charge >= 0.3 is 5.92 Å². The van der Waals surface area contributed by atoms with Crippen LogP contribution in [0.4, 0.5) is 8.78 Å². The fourth-order valence-corrected chi connectivity index (χ4v) is 3.50. The molecule has 0 saturated heterocycles. The second kappa shape index (κ2) is 9.81. The van der Waals surface area contributed by atoms with Crippen LogP contribution in [0, 0.1) is 0 Å². The van der Waals surface area contributed by atoms with E-state index < -0.39 is 11.7 Å². The summed E-state index contributed by atoms with van der Waals surface area (Å²) in [6.07, 6.45) is 4.51. The van der Waals surface area contributed by atoms with Crippen molar-refractivity contribution in [2.24, 2.45) is 0 Å². The number of alkyl halides is 2. The molecule has 7 nitrogen and oxygen atoms in total. The molecule has 1 N–H and O–H groups in total. The molecular weight excluding hydrogens is 424 g/mol. The zero-order valence-corrected chi connectivity index (χ0v) is 18.5. The number of nitrogens with zero attached hydrogens (tertiary/aromatic N) is 6. The van der Waals surface area contributed by atoms with E-state index in [-0.39, 0.29) is 6.42 Å². The predicted molar refractivity (Wildman–Crippen MR) is 122 cm³/mol. The van der Waals surface area contributed by atoms with Crippen LogP contribution in [0.2, 0.25) is 0 Å². The molecule has 0 spiro atoms. The molecule has 0 fully saturated rings. The van der Waals surface area contributed by atoms with Crippen LogP contribution in [0.3, 0.4) is 0 Å². The highest BCUT2D eigenvalue weighted by atomic mass is 19.3. The average molecular weight is 450 g/mol. The average Bonchev–Trinajstić information content (AvgIpc) is 3.49. The van der Waals surface area contributed by atoms with E-state index in [0.717, 1.165) is 28.7 Å². The Morgan fingerprint density at radius 3 is 2.52 bits per heavy atom. The first-order valence-corrected chi connectivity index (χ1v) is 10.9. The number of nitrogens with one attached hydrogen (secondary N) is 1. The fourth-order valence-electron chi connectivity index (χ4n) is 3.50. The summed E-state index contributed by atoms with van der Waals surface area (Å²) < 4.78 is 30.4. The monoisotopic (exact) mass is 449 g/mol. The third-order valence-corrected chi connectivity index (χ3v) is 5.20. The minimum absolute atomic E-state index is 0.272. The van der Waals surface area contributed by atoms with Gasteiger partial charge in [-0.25, -0.2) is 14.8 Å². The van der Waals surface area contributed by atoms with Gasteiger partial charge in [0.2, 0.25) is 5.82 Å². The molecule has 4 rings (SSSR count). The Kier molecular flexibility index (Phi) is 6.67. The summed E-state index contributed by atoms with van der Waals surface area (Å²) in [6.45, 7) is 4.06. The maximum Gasteiger partial charge on any atom is 0.308 e. The van der Waals surface area contributed by atoms with Crippen LogP contribution in [0.1, 0.15) is 50.3 Å². The topological polar surface area (TPSA) is 85.2 Å². The van der Waals surface area contributed by atoms with Crippen molar-refractivity contribution < 1.29 is 8.78 Å². The molecule has 0 aliphatic carbocycles. The molecule has 0 atom stereocenters. The molecule has 33 heavy (non-hydrogen) atoms. The summed E-state index contributed by atoms with van der Waals surface area (Å²) in [5.41, 5.74) is 3.87. The minimum atomic E-state index is -3.04. The lowest BCUT2D eigenvalue weighted by Gasteiger charge is -2.10. The first-order chi connectivity index (χ1) is 16.0. The van der Waals surface area contributed by atoms with Gasteiger partial charge in [0, 0.05) is 12.0 Å². The molecule has 2 aromatic heterocycles.